The highest BCUT2D eigenvalue weighted by Crippen LogP contribution is 2.26. The molecular formula is C16H15BrO3S. The molecule has 21 heavy (non-hydrogen) atoms. The fourth-order valence-corrected chi connectivity index (χ4v) is 3.87. The molecule has 0 bridgehead atoms. The smallest absolute Gasteiger partial charge is 0.206 e. The molecule has 2 rings (SSSR count). The molecule has 0 saturated heterocycles. The van der Waals surface area contributed by atoms with Crippen molar-refractivity contribution in [2.45, 2.75) is 28.0 Å². The van der Waals surface area contributed by atoms with Crippen molar-refractivity contribution in [1.29, 1.82) is 0 Å². The molecule has 0 fully saturated rings. The van der Waals surface area contributed by atoms with Crippen molar-refractivity contribution >= 4 is 31.6 Å². The van der Waals surface area contributed by atoms with Gasteiger partial charge in [0.2, 0.25) is 9.84 Å². The van der Waals surface area contributed by atoms with Crippen LogP contribution in [0.5, 0.6) is 0 Å². The molecule has 0 radical (unpaired) electrons. The van der Waals surface area contributed by atoms with Crippen molar-refractivity contribution in [2.24, 2.45) is 0 Å². The van der Waals surface area contributed by atoms with Crippen molar-refractivity contribution < 1.29 is 13.2 Å². The van der Waals surface area contributed by atoms with Crippen LogP contribution in [0.2, 0.25) is 0 Å². The van der Waals surface area contributed by atoms with E-state index in [2.05, 4.69) is 15.9 Å². The number of carbonyl (C=O) groups excluding carboxylic acids is 1. The average molecular weight is 367 g/mol. The fraction of sp³-hybridized carbons (Fsp3) is 0.188. The lowest BCUT2D eigenvalue weighted by molar-refractivity contribution is -0.116. The highest BCUT2D eigenvalue weighted by atomic mass is 79.9. The molecule has 5 heteroatoms. The Kier molecular flexibility index (Phi) is 4.96. The van der Waals surface area contributed by atoms with E-state index >= 15 is 0 Å². The van der Waals surface area contributed by atoms with Gasteiger partial charge in [-0.05, 0) is 37.1 Å². The Morgan fingerprint density at radius 3 is 2.24 bits per heavy atom. The number of benzene rings is 2. The molecule has 2 aromatic rings. The maximum Gasteiger partial charge on any atom is 0.206 e. The SMILES string of the molecule is CC(=O)[C@H](Br)Cc1ccccc1S(=O)(=O)c1ccccc1. The largest absolute Gasteiger partial charge is 0.299 e. The quantitative estimate of drug-likeness (QED) is 0.761. The second kappa shape index (κ2) is 6.54. The molecule has 0 unspecified atom stereocenters. The molecule has 1 atom stereocenters. The van der Waals surface area contributed by atoms with Crippen LogP contribution in [0.15, 0.2) is 64.4 Å². The molecule has 0 N–H and O–H groups in total. The summed E-state index contributed by atoms with van der Waals surface area (Å²) in [5, 5.41) is 0. The van der Waals surface area contributed by atoms with E-state index in [9.17, 15) is 13.2 Å². The Morgan fingerprint density at radius 2 is 1.62 bits per heavy atom. The predicted octanol–water partition coefficient (Wildman–Crippen LogP) is 3.41. The third-order valence-corrected chi connectivity index (χ3v) is 5.99. The van der Waals surface area contributed by atoms with Crippen LogP contribution in [0.1, 0.15) is 12.5 Å². The number of halogens is 1. The minimum Gasteiger partial charge on any atom is -0.299 e. The van der Waals surface area contributed by atoms with Crippen molar-refractivity contribution in [2.75, 3.05) is 0 Å². The minimum atomic E-state index is -3.57. The van der Waals surface area contributed by atoms with Crippen LogP contribution < -0.4 is 0 Å². The zero-order valence-electron chi connectivity index (χ0n) is 11.5. The second-order valence-electron chi connectivity index (χ2n) is 4.71. The molecule has 0 aliphatic heterocycles. The van der Waals surface area contributed by atoms with Gasteiger partial charge in [-0.2, -0.15) is 0 Å². The van der Waals surface area contributed by atoms with Gasteiger partial charge in [0.05, 0.1) is 14.6 Å². The lowest BCUT2D eigenvalue weighted by Crippen LogP contribution is -2.15. The Bertz CT molecular complexity index is 739. The summed E-state index contributed by atoms with van der Waals surface area (Å²) in [5.41, 5.74) is 0.637. The number of alkyl halides is 1. The van der Waals surface area contributed by atoms with Crippen LogP contribution in [0, 0.1) is 0 Å². The molecule has 0 saturated carbocycles. The van der Waals surface area contributed by atoms with Crippen molar-refractivity contribution in [1.82, 2.24) is 0 Å². The van der Waals surface area contributed by atoms with Gasteiger partial charge in [-0.3, -0.25) is 4.79 Å². The Balaban J connectivity index is 2.48. The van der Waals surface area contributed by atoms with Gasteiger partial charge >= 0.3 is 0 Å². The summed E-state index contributed by atoms with van der Waals surface area (Å²) in [6, 6.07) is 15.1. The van der Waals surface area contributed by atoms with Gasteiger partial charge < -0.3 is 0 Å². The summed E-state index contributed by atoms with van der Waals surface area (Å²) in [4.78, 5) is 11.5. The van der Waals surface area contributed by atoms with Crippen LogP contribution in [0.25, 0.3) is 0 Å². The normalized spacial score (nSPS) is 12.9. The molecule has 0 aliphatic carbocycles. The molecule has 0 spiro atoms. The Labute approximate surface area is 133 Å². The van der Waals surface area contributed by atoms with Gasteiger partial charge in [-0.15, -0.1) is 0 Å². The molecule has 3 nitrogen and oxygen atoms in total. The van der Waals surface area contributed by atoms with Gasteiger partial charge in [-0.1, -0.05) is 52.3 Å². The van der Waals surface area contributed by atoms with Gasteiger partial charge in [0.25, 0.3) is 0 Å². The van der Waals surface area contributed by atoms with E-state index in [1.54, 1.807) is 54.6 Å². The summed E-state index contributed by atoms with van der Waals surface area (Å²) in [7, 11) is -3.57. The van der Waals surface area contributed by atoms with Crippen molar-refractivity contribution in [3.05, 3.63) is 60.2 Å². The number of carbonyl (C=O) groups is 1. The summed E-state index contributed by atoms with van der Waals surface area (Å²) < 4.78 is 25.4. The number of sulfone groups is 1. The Morgan fingerprint density at radius 1 is 1.05 bits per heavy atom. The first-order valence-electron chi connectivity index (χ1n) is 6.45. The van der Waals surface area contributed by atoms with Crippen LogP contribution >= 0.6 is 15.9 Å². The molecule has 0 aromatic heterocycles. The first kappa shape index (κ1) is 15.9. The minimum absolute atomic E-state index is 0.0260. The number of hydrogen-bond acceptors (Lipinski definition) is 3. The second-order valence-corrected chi connectivity index (χ2v) is 7.73. The van der Waals surface area contributed by atoms with Gasteiger partial charge in [-0.25, -0.2) is 8.42 Å². The van der Waals surface area contributed by atoms with Crippen molar-refractivity contribution in [3.63, 3.8) is 0 Å². The van der Waals surface area contributed by atoms with E-state index < -0.39 is 9.84 Å². The number of Topliss-reactive ketones (excluding diaryl/α,β-unsaturated/α-hetero) is 1. The van der Waals surface area contributed by atoms with Gasteiger partial charge in [0.15, 0.2) is 0 Å². The summed E-state index contributed by atoms with van der Waals surface area (Å²) >= 11 is 3.29. The monoisotopic (exact) mass is 366 g/mol. The molecular weight excluding hydrogens is 352 g/mol. The number of ketones is 1. The maximum atomic E-state index is 12.7. The van der Waals surface area contributed by atoms with Crippen LogP contribution in [-0.4, -0.2) is 19.0 Å². The van der Waals surface area contributed by atoms with E-state index in [1.807, 2.05) is 0 Å². The van der Waals surface area contributed by atoms with Crippen LogP contribution in [0.3, 0.4) is 0 Å². The highest BCUT2D eigenvalue weighted by molar-refractivity contribution is 9.10. The Hall–Kier alpha value is -1.46. The first-order chi connectivity index (χ1) is 9.93. The lowest BCUT2D eigenvalue weighted by Gasteiger charge is -2.12. The zero-order chi connectivity index (χ0) is 15.5. The zero-order valence-corrected chi connectivity index (χ0v) is 13.9. The van der Waals surface area contributed by atoms with E-state index in [0.717, 1.165) is 0 Å². The topological polar surface area (TPSA) is 51.2 Å². The molecule has 2 aromatic carbocycles. The van der Waals surface area contributed by atoms with E-state index in [4.69, 9.17) is 0 Å². The molecule has 0 aliphatic rings. The van der Waals surface area contributed by atoms with Gasteiger partial charge in [0.1, 0.15) is 5.78 Å². The average Bonchev–Trinajstić information content (AvgIpc) is 2.48. The van der Waals surface area contributed by atoms with Crippen molar-refractivity contribution in [3.8, 4) is 0 Å². The van der Waals surface area contributed by atoms with Gasteiger partial charge in [0, 0.05) is 0 Å². The summed E-state index contributed by atoms with van der Waals surface area (Å²) in [5.74, 6) is -0.0260. The molecule has 110 valence electrons. The number of rotatable bonds is 5. The third kappa shape index (κ3) is 3.60. The summed E-state index contributed by atoms with van der Waals surface area (Å²) in [6.45, 7) is 1.48. The fourth-order valence-electron chi connectivity index (χ4n) is 2.00. The first-order valence-corrected chi connectivity index (χ1v) is 8.85. The van der Waals surface area contributed by atoms with E-state index in [1.165, 1.54) is 6.92 Å². The standard InChI is InChI=1S/C16H15BrO3S/c1-12(18)15(17)11-13-7-5-6-10-16(13)21(19,20)14-8-3-2-4-9-14/h2-10,15H,11H2,1H3/t15-/m1/s1. The molecule has 0 amide bonds. The maximum absolute atomic E-state index is 12.7. The third-order valence-electron chi connectivity index (χ3n) is 3.16. The summed E-state index contributed by atoms with van der Waals surface area (Å²) in [6.07, 6.45) is 0.345. The van der Waals surface area contributed by atoms with E-state index in [-0.39, 0.29) is 20.4 Å². The number of hydrogen-bond donors (Lipinski definition) is 0. The van der Waals surface area contributed by atoms with Crippen LogP contribution in [-0.2, 0) is 21.1 Å². The van der Waals surface area contributed by atoms with Crippen LogP contribution in [0.4, 0.5) is 0 Å². The lowest BCUT2D eigenvalue weighted by atomic mass is 10.1. The highest BCUT2D eigenvalue weighted by Gasteiger charge is 2.22. The molecule has 0 heterocycles. The van der Waals surface area contributed by atoms with E-state index in [0.29, 0.717) is 12.0 Å². The predicted molar refractivity (Wildman–Crippen MR) is 85.4 cm³/mol.